The van der Waals surface area contributed by atoms with Gasteiger partial charge in [-0.15, -0.1) is 0 Å². The van der Waals surface area contributed by atoms with Crippen molar-refractivity contribution in [3.63, 3.8) is 0 Å². The van der Waals surface area contributed by atoms with E-state index in [4.69, 9.17) is 11.6 Å². The molecule has 3 nitrogen and oxygen atoms in total. The van der Waals surface area contributed by atoms with Gasteiger partial charge in [0, 0.05) is 11.8 Å². The number of aromatic nitrogens is 1. The van der Waals surface area contributed by atoms with Crippen molar-refractivity contribution in [1.29, 1.82) is 0 Å². The summed E-state index contributed by atoms with van der Waals surface area (Å²) in [4.78, 5) is 4.33. The van der Waals surface area contributed by atoms with Gasteiger partial charge >= 0.3 is 0 Å². The Bertz CT molecular complexity index is 563. The highest BCUT2D eigenvalue weighted by molar-refractivity contribution is 6.30. The molecule has 3 rings (SSSR count). The number of nitrogens with zero attached hydrogens (tertiary/aromatic N) is 2. The van der Waals surface area contributed by atoms with Gasteiger partial charge < -0.3 is 0 Å². The molecule has 0 saturated heterocycles. The van der Waals surface area contributed by atoms with E-state index in [-0.39, 0.29) is 6.04 Å². The molecule has 2 heterocycles. The van der Waals surface area contributed by atoms with Gasteiger partial charge in [0.2, 0.25) is 0 Å². The van der Waals surface area contributed by atoms with E-state index in [1.54, 1.807) is 6.20 Å². The van der Waals surface area contributed by atoms with Crippen LogP contribution < -0.4 is 5.43 Å². The Morgan fingerprint density at radius 3 is 2.82 bits per heavy atom. The van der Waals surface area contributed by atoms with Crippen molar-refractivity contribution in [2.45, 2.75) is 6.04 Å². The van der Waals surface area contributed by atoms with Gasteiger partial charge in [-0.05, 0) is 17.7 Å². The third-order valence-corrected chi connectivity index (χ3v) is 2.98. The van der Waals surface area contributed by atoms with Crippen LogP contribution in [0.15, 0.2) is 47.7 Å². The molecular weight excluding hydrogens is 234 g/mol. The molecule has 0 spiro atoms. The molecule has 84 valence electrons. The van der Waals surface area contributed by atoms with Gasteiger partial charge in [0.05, 0.1) is 16.9 Å². The molecule has 2 aromatic rings. The molecule has 1 aromatic heterocycles. The monoisotopic (exact) mass is 243 g/mol. The summed E-state index contributed by atoms with van der Waals surface area (Å²) in [6.45, 7) is 0. The van der Waals surface area contributed by atoms with Crippen LogP contribution in [0.25, 0.3) is 0 Å². The largest absolute Gasteiger partial charge is 0.296 e. The quantitative estimate of drug-likeness (QED) is 0.836. The Balaban J connectivity index is 2.05. The van der Waals surface area contributed by atoms with Crippen LogP contribution in [-0.4, -0.2) is 11.2 Å². The lowest BCUT2D eigenvalue weighted by molar-refractivity contribution is 0.616. The van der Waals surface area contributed by atoms with Crippen molar-refractivity contribution < 1.29 is 0 Å². The lowest BCUT2D eigenvalue weighted by Crippen LogP contribution is -2.23. The Kier molecular flexibility index (Phi) is 2.53. The third kappa shape index (κ3) is 1.89. The average molecular weight is 244 g/mol. The van der Waals surface area contributed by atoms with Gasteiger partial charge in [-0.2, -0.15) is 5.10 Å². The van der Waals surface area contributed by atoms with Crippen molar-refractivity contribution in [2.24, 2.45) is 5.10 Å². The van der Waals surface area contributed by atoms with Gasteiger partial charge in [0.1, 0.15) is 6.04 Å². The van der Waals surface area contributed by atoms with Crippen LogP contribution in [0.5, 0.6) is 0 Å². The molecule has 1 unspecified atom stereocenters. The molecular formula is C13H10ClN3. The number of nitrogens with one attached hydrogen (secondary N) is 1. The number of benzene rings is 1. The van der Waals surface area contributed by atoms with Crippen LogP contribution in [0.2, 0.25) is 5.02 Å². The first kappa shape index (κ1) is 10.3. The molecule has 1 N–H and O–H groups in total. The Labute approximate surface area is 104 Å². The zero-order valence-electron chi connectivity index (χ0n) is 8.97. The first-order valence-corrected chi connectivity index (χ1v) is 5.71. The number of hydrazone groups is 1. The first-order valence-electron chi connectivity index (χ1n) is 5.33. The summed E-state index contributed by atoms with van der Waals surface area (Å²) in [6.07, 6.45) is 3.47. The van der Waals surface area contributed by atoms with Crippen LogP contribution in [0.1, 0.15) is 22.9 Å². The van der Waals surface area contributed by atoms with Gasteiger partial charge in [0.25, 0.3) is 0 Å². The van der Waals surface area contributed by atoms with E-state index in [2.05, 4.69) is 21.6 Å². The summed E-state index contributed by atoms with van der Waals surface area (Å²) >= 11 is 5.84. The van der Waals surface area contributed by atoms with Crippen LogP contribution in [0.3, 0.4) is 0 Å². The van der Waals surface area contributed by atoms with Crippen LogP contribution in [0, 0.1) is 0 Å². The third-order valence-electron chi connectivity index (χ3n) is 2.76. The number of hydrogen-bond acceptors (Lipinski definition) is 3. The standard InChI is InChI=1S/C13H10ClN3/c14-10-5-6-12(15-8-10)13-11-4-2-1-3-9(11)7-16-17-13/h1-8,13,17H. The second-order valence-electron chi connectivity index (χ2n) is 3.85. The van der Waals surface area contributed by atoms with E-state index in [9.17, 15) is 0 Å². The molecule has 1 aliphatic rings. The number of halogens is 1. The fraction of sp³-hybridized carbons (Fsp3) is 0.0769. The maximum Gasteiger partial charge on any atom is 0.112 e. The minimum atomic E-state index is -0.00605. The van der Waals surface area contributed by atoms with Crippen LogP contribution in [-0.2, 0) is 0 Å². The molecule has 1 aromatic carbocycles. The second-order valence-corrected chi connectivity index (χ2v) is 4.29. The fourth-order valence-electron chi connectivity index (χ4n) is 1.93. The Hall–Kier alpha value is -1.87. The van der Waals surface area contributed by atoms with E-state index in [0.717, 1.165) is 11.3 Å². The zero-order chi connectivity index (χ0) is 11.7. The molecule has 0 amide bonds. The van der Waals surface area contributed by atoms with Crippen molar-refractivity contribution >= 4 is 17.8 Å². The lowest BCUT2D eigenvalue weighted by atomic mass is 9.97. The Morgan fingerprint density at radius 2 is 2.00 bits per heavy atom. The average Bonchev–Trinajstić information content (AvgIpc) is 2.39. The van der Waals surface area contributed by atoms with Gasteiger partial charge in [0.15, 0.2) is 0 Å². The summed E-state index contributed by atoms with van der Waals surface area (Å²) in [7, 11) is 0. The van der Waals surface area contributed by atoms with E-state index in [1.807, 2.05) is 36.5 Å². The van der Waals surface area contributed by atoms with Crippen molar-refractivity contribution in [3.05, 3.63) is 64.4 Å². The molecule has 1 atom stereocenters. The molecule has 17 heavy (non-hydrogen) atoms. The molecule has 4 heteroatoms. The van der Waals surface area contributed by atoms with E-state index >= 15 is 0 Å². The maximum atomic E-state index is 5.84. The molecule has 0 saturated carbocycles. The molecule has 0 aliphatic carbocycles. The molecule has 0 radical (unpaired) electrons. The highest BCUT2D eigenvalue weighted by Crippen LogP contribution is 2.25. The van der Waals surface area contributed by atoms with Crippen molar-refractivity contribution in [2.75, 3.05) is 0 Å². The predicted molar refractivity (Wildman–Crippen MR) is 68.3 cm³/mol. The normalized spacial score (nSPS) is 17.4. The maximum absolute atomic E-state index is 5.84. The lowest BCUT2D eigenvalue weighted by Gasteiger charge is -2.22. The fourth-order valence-corrected chi connectivity index (χ4v) is 2.04. The predicted octanol–water partition coefficient (Wildman–Crippen LogP) is 2.76. The smallest absolute Gasteiger partial charge is 0.112 e. The molecule has 0 bridgehead atoms. The topological polar surface area (TPSA) is 37.3 Å². The molecule has 1 aliphatic heterocycles. The van der Waals surface area contributed by atoms with E-state index in [0.29, 0.717) is 5.02 Å². The number of rotatable bonds is 1. The van der Waals surface area contributed by atoms with Gasteiger partial charge in [-0.25, -0.2) is 0 Å². The summed E-state index contributed by atoms with van der Waals surface area (Å²) in [5, 5.41) is 4.79. The summed E-state index contributed by atoms with van der Waals surface area (Å²) in [6, 6.07) is 11.9. The van der Waals surface area contributed by atoms with E-state index in [1.165, 1.54) is 5.56 Å². The SMILES string of the molecule is Clc1ccc(C2NN=Cc3ccccc32)nc1. The summed E-state index contributed by atoms with van der Waals surface area (Å²) in [5.74, 6) is 0. The van der Waals surface area contributed by atoms with Crippen LogP contribution in [0.4, 0.5) is 0 Å². The van der Waals surface area contributed by atoms with Crippen LogP contribution >= 0.6 is 11.6 Å². The number of pyridine rings is 1. The Morgan fingerprint density at radius 1 is 1.12 bits per heavy atom. The summed E-state index contributed by atoms with van der Waals surface area (Å²) < 4.78 is 0. The van der Waals surface area contributed by atoms with Gasteiger partial charge in [-0.1, -0.05) is 35.9 Å². The number of fused-ring (bicyclic) bond motifs is 1. The van der Waals surface area contributed by atoms with Crippen molar-refractivity contribution in [1.82, 2.24) is 10.4 Å². The summed E-state index contributed by atoms with van der Waals surface area (Å²) in [5.41, 5.74) is 6.29. The second kappa shape index (κ2) is 4.18. The van der Waals surface area contributed by atoms with Crippen molar-refractivity contribution in [3.8, 4) is 0 Å². The highest BCUT2D eigenvalue weighted by atomic mass is 35.5. The number of hydrogen-bond donors (Lipinski definition) is 1. The highest BCUT2D eigenvalue weighted by Gasteiger charge is 2.19. The zero-order valence-corrected chi connectivity index (χ0v) is 9.72. The van der Waals surface area contributed by atoms with E-state index < -0.39 is 0 Å². The minimum Gasteiger partial charge on any atom is -0.296 e. The molecule has 0 fully saturated rings. The first-order chi connectivity index (χ1) is 8.34. The minimum absolute atomic E-state index is 0.00605. The van der Waals surface area contributed by atoms with Gasteiger partial charge in [-0.3, -0.25) is 10.4 Å².